The van der Waals surface area contributed by atoms with Gasteiger partial charge in [-0.25, -0.2) is 4.98 Å². The molecule has 94 valence electrons. The van der Waals surface area contributed by atoms with E-state index in [1.165, 1.54) is 17.7 Å². The summed E-state index contributed by atoms with van der Waals surface area (Å²) >= 11 is 0. The summed E-state index contributed by atoms with van der Waals surface area (Å²) in [6.45, 7) is 2.05. The molecule has 0 aromatic carbocycles. The fraction of sp³-hybridized carbons (Fsp3) is 0.583. The number of pyridine rings is 1. The summed E-state index contributed by atoms with van der Waals surface area (Å²) in [5.74, 6) is 0.881. The first-order valence-corrected chi connectivity index (χ1v) is 6.14. The van der Waals surface area contributed by atoms with Crippen molar-refractivity contribution in [2.24, 2.45) is 0 Å². The molecule has 5 heteroatoms. The van der Waals surface area contributed by atoms with Crippen LogP contribution < -0.4 is 21.3 Å². The third kappa shape index (κ3) is 2.61. The lowest BCUT2D eigenvalue weighted by molar-refractivity contribution is -0.886. The van der Waals surface area contributed by atoms with E-state index in [9.17, 15) is 0 Å². The van der Waals surface area contributed by atoms with E-state index in [1.54, 1.807) is 12.3 Å². The largest absolute Gasteiger partial charge is 0.397 e. The van der Waals surface area contributed by atoms with Crippen LogP contribution in [-0.2, 0) is 0 Å². The summed E-state index contributed by atoms with van der Waals surface area (Å²) < 4.78 is 0. The van der Waals surface area contributed by atoms with Crippen LogP contribution in [0.2, 0.25) is 0 Å². The first-order valence-electron chi connectivity index (χ1n) is 6.14. The van der Waals surface area contributed by atoms with Crippen LogP contribution in [0.1, 0.15) is 12.8 Å². The molecule has 1 aromatic rings. The summed E-state index contributed by atoms with van der Waals surface area (Å²) in [4.78, 5) is 8.13. The molecule has 1 saturated heterocycles. The van der Waals surface area contributed by atoms with Crippen molar-refractivity contribution in [1.82, 2.24) is 4.98 Å². The van der Waals surface area contributed by atoms with Gasteiger partial charge in [-0.1, -0.05) is 0 Å². The highest BCUT2D eigenvalue weighted by Gasteiger charge is 2.24. The molecular formula is C12H22N5+. The van der Waals surface area contributed by atoms with Crippen LogP contribution >= 0.6 is 0 Å². The normalized spacial score (nSPS) is 17.7. The predicted molar refractivity (Wildman–Crippen MR) is 71.1 cm³/mol. The highest BCUT2D eigenvalue weighted by molar-refractivity contribution is 5.66. The van der Waals surface area contributed by atoms with Crippen molar-refractivity contribution >= 4 is 17.2 Å². The molecule has 0 radical (unpaired) electrons. The molecule has 0 unspecified atom stereocenters. The molecule has 2 heterocycles. The topological polar surface area (TPSA) is 72.6 Å². The van der Waals surface area contributed by atoms with Crippen LogP contribution in [-0.4, -0.2) is 38.2 Å². The Kier molecular flexibility index (Phi) is 3.38. The van der Waals surface area contributed by atoms with E-state index in [-0.39, 0.29) is 0 Å². The third-order valence-corrected chi connectivity index (χ3v) is 3.53. The van der Waals surface area contributed by atoms with Crippen molar-refractivity contribution in [3.05, 3.63) is 12.3 Å². The second-order valence-electron chi connectivity index (χ2n) is 5.02. The minimum atomic E-state index is 0.624. The summed E-state index contributed by atoms with van der Waals surface area (Å²) in [6.07, 6.45) is 4.05. The Hall–Kier alpha value is -1.49. The number of hydrogen-bond acceptors (Lipinski definition) is 4. The Bertz CT molecular complexity index is 382. The molecule has 0 amide bonds. The molecule has 17 heavy (non-hydrogen) atoms. The average molecular weight is 236 g/mol. The van der Waals surface area contributed by atoms with Crippen molar-refractivity contribution in [2.45, 2.75) is 18.9 Å². The number of nitrogen functional groups attached to an aromatic ring is 2. The zero-order valence-corrected chi connectivity index (χ0v) is 10.6. The number of hydrogen-bond donors (Lipinski definition) is 3. The van der Waals surface area contributed by atoms with E-state index in [4.69, 9.17) is 11.5 Å². The van der Waals surface area contributed by atoms with Crippen molar-refractivity contribution < 1.29 is 4.90 Å². The van der Waals surface area contributed by atoms with Gasteiger partial charge in [0.2, 0.25) is 0 Å². The van der Waals surface area contributed by atoms with Crippen LogP contribution in [0.15, 0.2) is 12.3 Å². The smallest absolute Gasteiger partial charge is 0.151 e. The second-order valence-corrected chi connectivity index (χ2v) is 5.02. The van der Waals surface area contributed by atoms with Gasteiger partial charge in [0.15, 0.2) is 5.82 Å². The van der Waals surface area contributed by atoms with E-state index < -0.39 is 0 Å². The van der Waals surface area contributed by atoms with Crippen LogP contribution in [0.3, 0.4) is 0 Å². The minimum Gasteiger partial charge on any atom is -0.397 e. The fourth-order valence-corrected chi connectivity index (χ4v) is 2.42. The monoisotopic (exact) mass is 236 g/mol. The Labute approximate surface area is 102 Å². The summed E-state index contributed by atoms with van der Waals surface area (Å²) in [5, 5.41) is 0. The molecular weight excluding hydrogens is 214 g/mol. The van der Waals surface area contributed by atoms with E-state index in [0.29, 0.717) is 11.4 Å². The molecule has 2 rings (SSSR count). The van der Waals surface area contributed by atoms with E-state index in [2.05, 4.69) is 24.0 Å². The number of nitrogens with one attached hydrogen (secondary N) is 1. The van der Waals surface area contributed by atoms with E-state index in [0.717, 1.165) is 24.9 Å². The van der Waals surface area contributed by atoms with Crippen molar-refractivity contribution in [3.8, 4) is 0 Å². The first kappa shape index (κ1) is 12.0. The Morgan fingerprint density at radius 2 is 1.94 bits per heavy atom. The van der Waals surface area contributed by atoms with Crippen molar-refractivity contribution in [1.29, 1.82) is 0 Å². The van der Waals surface area contributed by atoms with Gasteiger partial charge >= 0.3 is 0 Å². The van der Waals surface area contributed by atoms with Gasteiger partial charge in [-0.2, -0.15) is 0 Å². The summed E-state index contributed by atoms with van der Waals surface area (Å²) in [6, 6.07) is 2.53. The molecule has 1 aromatic heterocycles. The molecule has 0 atom stereocenters. The lowest BCUT2D eigenvalue weighted by Crippen LogP contribution is -3.10. The number of rotatable bonds is 2. The van der Waals surface area contributed by atoms with E-state index >= 15 is 0 Å². The minimum absolute atomic E-state index is 0.624. The van der Waals surface area contributed by atoms with Crippen LogP contribution in [0.25, 0.3) is 0 Å². The van der Waals surface area contributed by atoms with Gasteiger partial charge in [0.25, 0.3) is 0 Å². The fourth-order valence-electron chi connectivity index (χ4n) is 2.42. The predicted octanol–water partition coefficient (Wildman–Crippen LogP) is -0.641. The zero-order chi connectivity index (χ0) is 12.4. The van der Waals surface area contributed by atoms with Crippen LogP contribution in [0.5, 0.6) is 0 Å². The molecule has 1 fully saturated rings. The number of nitrogens with two attached hydrogens (primary N) is 2. The first-order chi connectivity index (χ1) is 8.08. The number of anilines is 3. The maximum absolute atomic E-state index is 5.96. The third-order valence-electron chi connectivity index (χ3n) is 3.53. The lowest BCUT2D eigenvalue weighted by atomic mass is 10.0. The molecule has 5 nitrogen and oxygen atoms in total. The van der Waals surface area contributed by atoms with Crippen molar-refractivity contribution in [3.63, 3.8) is 0 Å². The molecule has 0 bridgehead atoms. The van der Waals surface area contributed by atoms with E-state index in [1.807, 2.05) is 0 Å². The van der Waals surface area contributed by atoms with Crippen LogP contribution in [0.4, 0.5) is 17.2 Å². The van der Waals surface area contributed by atoms with Gasteiger partial charge in [-0.3, -0.25) is 0 Å². The van der Waals surface area contributed by atoms with Gasteiger partial charge in [0.1, 0.15) is 0 Å². The molecule has 1 aliphatic heterocycles. The zero-order valence-electron chi connectivity index (χ0n) is 10.6. The lowest BCUT2D eigenvalue weighted by Gasteiger charge is -2.34. The Morgan fingerprint density at radius 3 is 2.47 bits per heavy atom. The molecule has 0 saturated carbocycles. The number of piperidine rings is 1. The molecule has 0 spiro atoms. The standard InChI is InChI=1S/C12H21N5/c1-16(2)10-3-5-17(6-4-10)12-11(14)7-9(13)8-15-12/h7-8,10H,3-6,13-14H2,1-2H3/p+1. The summed E-state index contributed by atoms with van der Waals surface area (Å²) in [7, 11) is 4.44. The quantitative estimate of drug-likeness (QED) is 0.638. The van der Waals surface area contributed by atoms with Gasteiger partial charge in [0, 0.05) is 25.9 Å². The van der Waals surface area contributed by atoms with Crippen LogP contribution in [0, 0.1) is 0 Å². The number of quaternary nitrogens is 1. The molecule has 1 aliphatic rings. The number of nitrogens with zero attached hydrogens (tertiary/aromatic N) is 2. The highest BCUT2D eigenvalue weighted by atomic mass is 15.2. The van der Waals surface area contributed by atoms with Gasteiger partial charge in [-0.05, 0) is 6.07 Å². The van der Waals surface area contributed by atoms with Crippen molar-refractivity contribution in [2.75, 3.05) is 43.6 Å². The van der Waals surface area contributed by atoms with Gasteiger partial charge < -0.3 is 21.3 Å². The maximum Gasteiger partial charge on any atom is 0.151 e. The highest BCUT2D eigenvalue weighted by Crippen LogP contribution is 2.24. The molecule has 5 N–H and O–H groups in total. The number of aromatic nitrogens is 1. The molecule has 0 aliphatic carbocycles. The average Bonchev–Trinajstić information content (AvgIpc) is 2.29. The second kappa shape index (κ2) is 4.79. The maximum atomic E-state index is 5.96. The Balaban J connectivity index is 2.05. The Morgan fingerprint density at radius 1 is 1.29 bits per heavy atom. The van der Waals surface area contributed by atoms with Gasteiger partial charge in [0.05, 0.1) is 37.7 Å². The van der Waals surface area contributed by atoms with Gasteiger partial charge in [-0.15, -0.1) is 0 Å². The SMILES string of the molecule is C[NH+](C)C1CCN(c2ncc(N)cc2N)CC1. The summed E-state index contributed by atoms with van der Waals surface area (Å²) in [5.41, 5.74) is 12.9.